The minimum Gasteiger partial charge on any atom is -0.299 e. The van der Waals surface area contributed by atoms with Crippen LogP contribution < -0.4 is 0 Å². The molecule has 43 heavy (non-hydrogen) atoms. The van der Waals surface area contributed by atoms with Crippen molar-refractivity contribution in [2.45, 2.75) is 0 Å². The number of allylic oxidation sites excluding steroid dienone is 1. The number of nitrogens with one attached hydrogen (secondary N) is 1. The Morgan fingerprint density at radius 3 is 1.84 bits per heavy atom. The topological polar surface area (TPSA) is 74.9 Å². The molecule has 202 valence electrons. The van der Waals surface area contributed by atoms with Crippen molar-refractivity contribution in [1.82, 2.24) is 15.0 Å². The fourth-order valence-electron chi connectivity index (χ4n) is 5.85. The second-order valence-corrected chi connectivity index (χ2v) is 10.7. The zero-order chi connectivity index (χ0) is 28.9. The van der Waals surface area contributed by atoms with Crippen molar-refractivity contribution in [1.29, 1.82) is 5.41 Å². The molecule has 0 fully saturated rings. The first-order chi connectivity index (χ1) is 21.2. The molecule has 0 saturated heterocycles. The lowest BCUT2D eigenvalue weighted by Crippen LogP contribution is -2.18. The molecular formula is C37H23N5S. The fourth-order valence-corrected chi connectivity index (χ4v) is 6.06. The molecule has 3 heterocycles. The van der Waals surface area contributed by atoms with Gasteiger partial charge in [0.05, 0.1) is 39.3 Å². The first kappa shape index (κ1) is 25.3. The minimum absolute atomic E-state index is 0.315. The predicted octanol–water partition coefficient (Wildman–Crippen LogP) is 9.01. The Kier molecular flexibility index (Phi) is 5.94. The Balaban J connectivity index is 1.34. The van der Waals surface area contributed by atoms with Crippen LogP contribution >= 0.6 is 12.8 Å². The molecule has 5 nitrogen and oxygen atoms in total. The Morgan fingerprint density at radius 1 is 0.581 bits per heavy atom. The highest BCUT2D eigenvalue weighted by atomic mass is 32.1. The average molecular weight is 570 g/mol. The van der Waals surface area contributed by atoms with E-state index in [-0.39, 0.29) is 0 Å². The van der Waals surface area contributed by atoms with Crippen molar-refractivity contribution < 1.29 is 0 Å². The molecule has 0 radical (unpaired) electrons. The lowest BCUT2D eigenvalue weighted by atomic mass is 9.87. The zero-order valence-electron chi connectivity index (χ0n) is 22.9. The SMILES string of the molecule is N=C1C=Cc2c(-c3ccccc3)nc3ccc(-c4ccc5ccc6ccc(-c7ccccc7)nc6c5n4)cc3c2C1=NS. The molecule has 0 aliphatic heterocycles. The van der Waals surface area contributed by atoms with Gasteiger partial charge in [-0.1, -0.05) is 91.0 Å². The largest absolute Gasteiger partial charge is 0.299 e. The van der Waals surface area contributed by atoms with Gasteiger partial charge in [-0.15, -0.1) is 0 Å². The average Bonchev–Trinajstić information content (AvgIpc) is 3.08. The molecular weight excluding hydrogens is 547 g/mol. The maximum atomic E-state index is 8.59. The third-order valence-electron chi connectivity index (χ3n) is 7.96. The molecule has 1 aliphatic carbocycles. The van der Waals surface area contributed by atoms with Crippen molar-refractivity contribution in [2.75, 3.05) is 0 Å². The first-order valence-electron chi connectivity index (χ1n) is 14.0. The lowest BCUT2D eigenvalue weighted by Gasteiger charge is -2.20. The maximum Gasteiger partial charge on any atom is 0.104 e. The predicted molar refractivity (Wildman–Crippen MR) is 181 cm³/mol. The van der Waals surface area contributed by atoms with Crippen LogP contribution in [0, 0.1) is 5.41 Å². The van der Waals surface area contributed by atoms with Crippen LogP contribution in [0.1, 0.15) is 11.1 Å². The smallest absolute Gasteiger partial charge is 0.104 e. The van der Waals surface area contributed by atoms with Gasteiger partial charge in [0.15, 0.2) is 0 Å². The van der Waals surface area contributed by atoms with E-state index in [1.807, 2.05) is 54.6 Å². The summed E-state index contributed by atoms with van der Waals surface area (Å²) in [6.07, 6.45) is 3.71. The standard InChI is InChI=1S/C37H23N5S/c38-29-17-16-27-33(37(29)42-43)28-21-26(15-20-32(28)41-34(27)23-9-5-2-6-10-23)31-19-14-25-12-11-24-13-18-30(22-7-3-1-4-8-22)39-35(24)36(25)40-31/h1-21,38,43H. The van der Waals surface area contributed by atoms with E-state index >= 15 is 0 Å². The number of thiol groups is 1. The Bertz CT molecular complexity index is 2310. The van der Waals surface area contributed by atoms with Crippen molar-refractivity contribution in [3.63, 3.8) is 0 Å². The summed E-state index contributed by atoms with van der Waals surface area (Å²) >= 11 is 4.27. The molecule has 0 amide bonds. The van der Waals surface area contributed by atoms with Gasteiger partial charge in [-0.25, -0.2) is 19.3 Å². The molecule has 0 spiro atoms. The normalized spacial score (nSPS) is 13.7. The molecule has 0 unspecified atom stereocenters. The second-order valence-electron chi connectivity index (χ2n) is 10.5. The summed E-state index contributed by atoms with van der Waals surface area (Å²) in [6, 6.07) is 39.0. The number of hydrogen-bond donors (Lipinski definition) is 2. The van der Waals surface area contributed by atoms with Gasteiger partial charge in [0, 0.05) is 44.0 Å². The quantitative estimate of drug-likeness (QED) is 0.165. The summed E-state index contributed by atoms with van der Waals surface area (Å²) in [5.41, 5.74) is 10.8. The van der Waals surface area contributed by atoms with Crippen LogP contribution in [0.5, 0.6) is 0 Å². The van der Waals surface area contributed by atoms with Gasteiger partial charge in [-0.3, -0.25) is 5.41 Å². The van der Waals surface area contributed by atoms with Crippen LogP contribution in [0.4, 0.5) is 0 Å². The van der Waals surface area contributed by atoms with Crippen molar-refractivity contribution >= 4 is 63.0 Å². The highest BCUT2D eigenvalue weighted by molar-refractivity contribution is 7.79. The molecule has 6 heteroatoms. The van der Waals surface area contributed by atoms with Crippen molar-refractivity contribution in [3.8, 4) is 33.8 Å². The van der Waals surface area contributed by atoms with Gasteiger partial charge < -0.3 is 0 Å². The number of fused-ring (bicyclic) bond motifs is 6. The third kappa shape index (κ3) is 4.23. The molecule has 1 aliphatic rings. The van der Waals surface area contributed by atoms with E-state index in [1.165, 1.54) is 0 Å². The highest BCUT2D eigenvalue weighted by Crippen LogP contribution is 2.36. The van der Waals surface area contributed by atoms with Crippen LogP contribution in [0.25, 0.3) is 72.6 Å². The zero-order valence-corrected chi connectivity index (χ0v) is 23.8. The fraction of sp³-hybridized carbons (Fsp3) is 0. The molecule has 1 N–H and O–H groups in total. The molecule has 0 atom stereocenters. The second kappa shape index (κ2) is 10.1. The van der Waals surface area contributed by atoms with Gasteiger partial charge in [0.2, 0.25) is 0 Å². The van der Waals surface area contributed by atoms with Crippen molar-refractivity contribution in [2.24, 2.45) is 4.40 Å². The van der Waals surface area contributed by atoms with Gasteiger partial charge >= 0.3 is 0 Å². The Hall–Kier alpha value is -5.46. The number of nitrogens with zero attached hydrogens (tertiary/aromatic N) is 4. The van der Waals surface area contributed by atoms with E-state index in [2.05, 4.69) is 83.9 Å². The van der Waals surface area contributed by atoms with E-state index in [1.54, 1.807) is 6.08 Å². The number of aromatic nitrogens is 3. The number of hydrogen-bond acceptors (Lipinski definition) is 6. The summed E-state index contributed by atoms with van der Waals surface area (Å²) in [4.78, 5) is 15.3. The van der Waals surface area contributed by atoms with Gasteiger partial charge in [-0.2, -0.15) is 0 Å². The number of rotatable bonds is 3. The molecule has 3 aromatic heterocycles. The maximum absolute atomic E-state index is 8.59. The Morgan fingerprint density at radius 2 is 1.19 bits per heavy atom. The van der Waals surface area contributed by atoms with Crippen LogP contribution in [0.2, 0.25) is 0 Å². The van der Waals surface area contributed by atoms with E-state index in [9.17, 15) is 0 Å². The van der Waals surface area contributed by atoms with Crippen LogP contribution in [-0.2, 0) is 0 Å². The summed E-state index contributed by atoms with van der Waals surface area (Å²) in [7, 11) is 0. The molecule has 0 saturated carbocycles. The lowest BCUT2D eigenvalue weighted by molar-refractivity contribution is 1.36. The van der Waals surface area contributed by atoms with E-state index < -0.39 is 0 Å². The summed E-state index contributed by atoms with van der Waals surface area (Å²) < 4.78 is 4.25. The van der Waals surface area contributed by atoms with Crippen LogP contribution in [-0.4, -0.2) is 26.4 Å². The third-order valence-corrected chi connectivity index (χ3v) is 8.16. The minimum atomic E-state index is 0.315. The monoisotopic (exact) mass is 569 g/mol. The van der Waals surface area contributed by atoms with E-state index in [0.29, 0.717) is 11.4 Å². The van der Waals surface area contributed by atoms with E-state index in [0.717, 1.165) is 77.6 Å². The van der Waals surface area contributed by atoms with Crippen LogP contribution in [0.3, 0.4) is 0 Å². The molecule has 0 bridgehead atoms. The number of benzene rings is 4. The molecule has 4 aromatic carbocycles. The molecule has 7 aromatic rings. The summed E-state index contributed by atoms with van der Waals surface area (Å²) in [5, 5.41) is 11.6. The van der Waals surface area contributed by atoms with Gasteiger partial charge in [-0.05, 0) is 49.2 Å². The Labute approximate surface area is 253 Å². The summed E-state index contributed by atoms with van der Waals surface area (Å²) in [5.74, 6) is 0. The van der Waals surface area contributed by atoms with Crippen molar-refractivity contribution in [3.05, 3.63) is 132 Å². The van der Waals surface area contributed by atoms with Gasteiger partial charge in [0.1, 0.15) is 5.71 Å². The van der Waals surface area contributed by atoms with E-state index in [4.69, 9.17) is 20.4 Å². The highest BCUT2D eigenvalue weighted by Gasteiger charge is 2.24. The molecule has 8 rings (SSSR count). The summed E-state index contributed by atoms with van der Waals surface area (Å²) in [6.45, 7) is 0. The number of pyridine rings is 3. The first-order valence-corrected chi connectivity index (χ1v) is 14.4. The van der Waals surface area contributed by atoms with Crippen LogP contribution in [0.15, 0.2) is 126 Å². The van der Waals surface area contributed by atoms with Gasteiger partial charge in [0.25, 0.3) is 0 Å².